The van der Waals surface area contributed by atoms with Crippen LogP contribution in [0.3, 0.4) is 0 Å². The SMILES string of the molecule is COC(=O)c1ccc(-c2cc(OC)ccc2F)c(C(C)(C)C)c1.COC(=O)c1ccc(OS(=O)(=O)C(F)(F)F)c(C(C)(C)C)c1. The van der Waals surface area contributed by atoms with E-state index in [1.54, 1.807) is 58.2 Å². The van der Waals surface area contributed by atoms with E-state index in [4.69, 9.17) is 9.47 Å². The first-order valence-corrected chi connectivity index (χ1v) is 14.8. The van der Waals surface area contributed by atoms with E-state index in [-0.39, 0.29) is 22.4 Å². The summed E-state index contributed by atoms with van der Waals surface area (Å²) in [5.74, 6) is -1.35. The lowest BCUT2D eigenvalue weighted by atomic mass is 9.81. The number of hydrogen-bond acceptors (Lipinski definition) is 8. The Kier molecular flexibility index (Phi) is 11.4. The molecule has 45 heavy (non-hydrogen) atoms. The smallest absolute Gasteiger partial charge is 0.497 e. The fraction of sp³-hybridized carbons (Fsp3) is 0.375. The molecule has 3 aromatic carbocycles. The molecule has 0 radical (unpaired) electrons. The molecule has 0 saturated heterocycles. The third-order valence-electron chi connectivity index (χ3n) is 6.40. The van der Waals surface area contributed by atoms with Crippen LogP contribution < -0.4 is 8.92 Å². The second kappa shape index (κ2) is 13.9. The standard InChI is InChI=1S/C19H21FO3.C13H15F3O5S/c1-19(2,3)16-10-12(18(21)23-5)6-8-14(16)15-11-13(22-4)7-9-17(15)20;1-12(2,3)9-7-8(11(17)20-4)5-6-10(9)21-22(18,19)13(14,15)16/h6-11H,1-5H3;5-7H,1-4H3. The summed E-state index contributed by atoms with van der Waals surface area (Å²) in [5.41, 5.74) is -3.87. The van der Waals surface area contributed by atoms with Crippen molar-refractivity contribution in [3.05, 3.63) is 82.7 Å². The molecule has 0 saturated carbocycles. The van der Waals surface area contributed by atoms with E-state index in [9.17, 15) is 35.6 Å². The Morgan fingerprint density at radius 1 is 0.667 bits per heavy atom. The van der Waals surface area contributed by atoms with E-state index in [0.29, 0.717) is 16.9 Å². The van der Waals surface area contributed by atoms with E-state index >= 15 is 0 Å². The van der Waals surface area contributed by atoms with Crippen molar-refractivity contribution in [1.82, 2.24) is 0 Å². The maximum atomic E-state index is 14.3. The lowest BCUT2D eigenvalue weighted by Crippen LogP contribution is -2.29. The zero-order valence-corrected chi connectivity index (χ0v) is 27.2. The highest BCUT2D eigenvalue weighted by molar-refractivity contribution is 7.88. The molecule has 8 nitrogen and oxygen atoms in total. The summed E-state index contributed by atoms with van der Waals surface area (Å²) in [5, 5.41) is 0. The Balaban J connectivity index is 0.000000314. The number of carbonyl (C=O) groups excluding carboxylic acids is 2. The van der Waals surface area contributed by atoms with Gasteiger partial charge in [-0.2, -0.15) is 21.6 Å². The van der Waals surface area contributed by atoms with Crippen LogP contribution in [0.4, 0.5) is 17.6 Å². The molecular formula is C32H36F4O8S. The van der Waals surface area contributed by atoms with Gasteiger partial charge in [0.25, 0.3) is 0 Å². The average Bonchev–Trinajstić information content (AvgIpc) is 2.95. The fourth-order valence-electron chi connectivity index (χ4n) is 4.08. The molecule has 0 amide bonds. The molecule has 0 bridgehead atoms. The summed E-state index contributed by atoms with van der Waals surface area (Å²) in [6, 6.07) is 13.2. The van der Waals surface area contributed by atoms with E-state index in [1.165, 1.54) is 19.2 Å². The van der Waals surface area contributed by atoms with Crippen LogP contribution in [0.1, 0.15) is 73.4 Å². The molecular weight excluding hydrogens is 620 g/mol. The second-order valence-electron chi connectivity index (χ2n) is 11.8. The molecule has 0 aliphatic rings. The monoisotopic (exact) mass is 656 g/mol. The van der Waals surface area contributed by atoms with E-state index in [2.05, 4.69) is 8.92 Å². The third kappa shape index (κ3) is 9.19. The molecule has 3 rings (SSSR count). The van der Waals surface area contributed by atoms with Crippen LogP contribution in [0.15, 0.2) is 54.6 Å². The van der Waals surface area contributed by atoms with Crippen LogP contribution in [-0.4, -0.2) is 47.2 Å². The zero-order valence-electron chi connectivity index (χ0n) is 26.4. The topological polar surface area (TPSA) is 105 Å². The minimum Gasteiger partial charge on any atom is -0.497 e. The molecule has 0 N–H and O–H groups in total. The summed E-state index contributed by atoms with van der Waals surface area (Å²) >= 11 is 0. The van der Waals surface area contributed by atoms with Gasteiger partial charge < -0.3 is 18.4 Å². The summed E-state index contributed by atoms with van der Waals surface area (Å²) in [4.78, 5) is 23.3. The lowest BCUT2D eigenvalue weighted by molar-refractivity contribution is -0.0500. The van der Waals surface area contributed by atoms with Crippen molar-refractivity contribution in [3.63, 3.8) is 0 Å². The number of hydrogen-bond donors (Lipinski definition) is 0. The van der Waals surface area contributed by atoms with Crippen LogP contribution in [0.5, 0.6) is 11.5 Å². The van der Waals surface area contributed by atoms with Gasteiger partial charge in [-0.05, 0) is 70.5 Å². The van der Waals surface area contributed by atoms with Crippen LogP contribution >= 0.6 is 0 Å². The number of halogens is 4. The largest absolute Gasteiger partial charge is 0.534 e. The maximum absolute atomic E-state index is 14.3. The normalized spacial score (nSPS) is 12.0. The Hall–Kier alpha value is -4.13. The molecule has 0 heterocycles. The van der Waals surface area contributed by atoms with E-state index in [0.717, 1.165) is 30.4 Å². The number of ether oxygens (including phenoxy) is 3. The Labute approximate surface area is 260 Å². The Morgan fingerprint density at radius 2 is 1.16 bits per heavy atom. The first-order chi connectivity index (χ1) is 20.6. The molecule has 0 aliphatic heterocycles. The first-order valence-electron chi connectivity index (χ1n) is 13.4. The maximum Gasteiger partial charge on any atom is 0.534 e. The van der Waals surface area contributed by atoms with Gasteiger partial charge in [0.15, 0.2) is 0 Å². The van der Waals surface area contributed by atoms with Crippen molar-refractivity contribution in [2.45, 2.75) is 57.9 Å². The van der Waals surface area contributed by atoms with Gasteiger partial charge in [-0.25, -0.2) is 14.0 Å². The molecule has 0 spiro atoms. The van der Waals surface area contributed by atoms with Gasteiger partial charge in [0.1, 0.15) is 17.3 Å². The predicted molar refractivity (Wildman–Crippen MR) is 161 cm³/mol. The lowest BCUT2D eigenvalue weighted by Gasteiger charge is -2.24. The van der Waals surface area contributed by atoms with Gasteiger partial charge in [-0.3, -0.25) is 0 Å². The summed E-state index contributed by atoms with van der Waals surface area (Å²) in [6.07, 6.45) is 0. The van der Waals surface area contributed by atoms with Crippen LogP contribution in [0.2, 0.25) is 0 Å². The van der Waals surface area contributed by atoms with Gasteiger partial charge in [0.05, 0.1) is 32.5 Å². The van der Waals surface area contributed by atoms with Gasteiger partial charge >= 0.3 is 27.6 Å². The summed E-state index contributed by atoms with van der Waals surface area (Å²) < 4.78 is 92.6. The summed E-state index contributed by atoms with van der Waals surface area (Å²) in [7, 11) is -1.75. The number of rotatable bonds is 6. The van der Waals surface area contributed by atoms with Gasteiger partial charge in [-0.1, -0.05) is 47.6 Å². The van der Waals surface area contributed by atoms with Crippen molar-refractivity contribution < 1.29 is 54.0 Å². The van der Waals surface area contributed by atoms with Crippen LogP contribution in [-0.2, 0) is 30.4 Å². The molecule has 3 aromatic rings. The zero-order chi connectivity index (χ0) is 34.5. The molecule has 13 heteroatoms. The third-order valence-corrected chi connectivity index (χ3v) is 7.37. The minimum atomic E-state index is -5.79. The van der Waals surface area contributed by atoms with Crippen molar-refractivity contribution in [2.24, 2.45) is 0 Å². The Bertz CT molecular complexity index is 1650. The average molecular weight is 657 g/mol. The Morgan fingerprint density at radius 3 is 1.60 bits per heavy atom. The molecule has 246 valence electrons. The van der Waals surface area contributed by atoms with Crippen molar-refractivity contribution in [2.75, 3.05) is 21.3 Å². The van der Waals surface area contributed by atoms with Crippen molar-refractivity contribution in [1.29, 1.82) is 0 Å². The highest BCUT2D eigenvalue weighted by Crippen LogP contribution is 2.37. The molecule has 0 aliphatic carbocycles. The predicted octanol–water partition coefficient (Wildman–Crippen LogP) is 7.58. The molecule has 0 aromatic heterocycles. The molecule has 0 atom stereocenters. The highest BCUT2D eigenvalue weighted by atomic mass is 32.2. The van der Waals surface area contributed by atoms with Crippen molar-refractivity contribution >= 4 is 22.1 Å². The highest BCUT2D eigenvalue weighted by Gasteiger charge is 2.49. The van der Waals surface area contributed by atoms with Gasteiger partial charge in [0.2, 0.25) is 0 Å². The number of alkyl halides is 3. The van der Waals surface area contributed by atoms with Crippen LogP contribution in [0, 0.1) is 5.82 Å². The summed E-state index contributed by atoms with van der Waals surface area (Å²) in [6.45, 7) is 11.0. The van der Waals surface area contributed by atoms with Gasteiger partial charge in [-0.15, -0.1) is 0 Å². The first kappa shape index (κ1) is 37.1. The fourth-order valence-corrected chi connectivity index (χ4v) is 4.56. The quantitative estimate of drug-likeness (QED) is 0.116. The van der Waals surface area contributed by atoms with Crippen molar-refractivity contribution in [3.8, 4) is 22.6 Å². The van der Waals surface area contributed by atoms with E-state index in [1.807, 2.05) is 20.8 Å². The number of benzene rings is 3. The molecule has 0 fully saturated rings. The molecule has 0 unspecified atom stereocenters. The number of methoxy groups -OCH3 is 3. The van der Waals surface area contributed by atoms with Gasteiger partial charge in [0, 0.05) is 11.1 Å². The second-order valence-corrected chi connectivity index (χ2v) is 13.3. The van der Waals surface area contributed by atoms with Crippen LogP contribution in [0.25, 0.3) is 11.1 Å². The number of esters is 2. The van der Waals surface area contributed by atoms with E-state index < -0.39 is 38.7 Å². The number of carbonyl (C=O) groups is 2. The minimum absolute atomic E-state index is 0.0733.